The zero-order valence-corrected chi connectivity index (χ0v) is 22.0. The molecule has 7 aromatic rings. The summed E-state index contributed by atoms with van der Waals surface area (Å²) in [7, 11) is -3.95. The molecule has 0 saturated heterocycles. The van der Waals surface area contributed by atoms with E-state index in [4.69, 9.17) is 16.0 Å². The minimum Gasteiger partial charge on any atom is -0.455 e. The number of benzene rings is 5. The molecule has 0 saturated carbocycles. The lowest BCUT2D eigenvalue weighted by Gasteiger charge is -2.13. The average Bonchev–Trinajstić information content (AvgIpc) is 3.42. The standard InChI is InChI=1S/C31H22ClNO3S/c1-17-8-11-21(12-9-17)37(34,35)33-26-13-10-20(32)16-25(26)28-29-22-6-4-5-7-27(22)36-31(29)24-15-19(3)18(2)14-23(24)30(28)33/h4-16H,1-3H3. The second-order valence-electron chi connectivity index (χ2n) is 9.75. The van der Waals surface area contributed by atoms with Crippen molar-refractivity contribution in [2.24, 2.45) is 0 Å². The number of rotatable bonds is 2. The van der Waals surface area contributed by atoms with Gasteiger partial charge in [0, 0.05) is 37.3 Å². The van der Waals surface area contributed by atoms with E-state index in [1.165, 1.54) is 3.97 Å². The molecule has 6 heteroatoms. The summed E-state index contributed by atoms with van der Waals surface area (Å²) in [5.74, 6) is 0. The summed E-state index contributed by atoms with van der Waals surface area (Å²) in [5, 5.41) is 5.68. The van der Waals surface area contributed by atoms with Gasteiger partial charge in [0.25, 0.3) is 10.0 Å². The Morgan fingerprint density at radius 2 is 1.43 bits per heavy atom. The van der Waals surface area contributed by atoms with Crippen LogP contribution in [0.3, 0.4) is 0 Å². The minimum absolute atomic E-state index is 0.237. The molecular weight excluding hydrogens is 502 g/mol. The third-order valence-corrected chi connectivity index (χ3v) is 9.39. The maximum absolute atomic E-state index is 14.4. The molecule has 0 radical (unpaired) electrons. The number of para-hydroxylation sites is 1. The topological polar surface area (TPSA) is 52.2 Å². The van der Waals surface area contributed by atoms with Gasteiger partial charge in [0.1, 0.15) is 11.2 Å². The third-order valence-electron chi connectivity index (χ3n) is 7.42. The molecule has 0 fully saturated rings. The molecule has 0 aliphatic carbocycles. The van der Waals surface area contributed by atoms with E-state index in [0.29, 0.717) is 16.1 Å². The van der Waals surface area contributed by atoms with Crippen LogP contribution in [0, 0.1) is 20.8 Å². The Balaban J connectivity index is 1.84. The van der Waals surface area contributed by atoms with Crippen molar-refractivity contribution in [2.45, 2.75) is 25.7 Å². The normalized spacial score (nSPS) is 12.5. The molecular formula is C31H22ClNO3S. The van der Waals surface area contributed by atoms with Gasteiger partial charge in [0.2, 0.25) is 0 Å². The number of nitrogens with zero attached hydrogens (tertiary/aromatic N) is 1. The van der Waals surface area contributed by atoms with Gasteiger partial charge >= 0.3 is 0 Å². The van der Waals surface area contributed by atoms with Crippen LogP contribution < -0.4 is 0 Å². The lowest BCUT2D eigenvalue weighted by molar-refractivity contribution is 0.590. The first kappa shape index (κ1) is 22.4. The van der Waals surface area contributed by atoms with Crippen LogP contribution in [0.15, 0.2) is 88.2 Å². The van der Waals surface area contributed by atoms with Gasteiger partial charge in [-0.05, 0) is 80.4 Å². The van der Waals surface area contributed by atoms with Gasteiger partial charge in [-0.25, -0.2) is 12.4 Å². The number of aromatic nitrogens is 1. The van der Waals surface area contributed by atoms with Crippen LogP contribution in [-0.2, 0) is 10.0 Å². The summed E-state index contributed by atoms with van der Waals surface area (Å²) in [6.07, 6.45) is 0. The molecule has 5 aromatic carbocycles. The molecule has 0 N–H and O–H groups in total. The Morgan fingerprint density at radius 3 is 2.19 bits per heavy atom. The highest BCUT2D eigenvalue weighted by molar-refractivity contribution is 7.90. The van der Waals surface area contributed by atoms with E-state index in [0.717, 1.165) is 60.2 Å². The molecule has 7 rings (SSSR count). The molecule has 0 atom stereocenters. The maximum atomic E-state index is 14.4. The monoisotopic (exact) mass is 523 g/mol. The predicted octanol–water partition coefficient (Wildman–Crippen LogP) is 8.66. The number of fused-ring (bicyclic) bond motifs is 10. The van der Waals surface area contributed by atoms with E-state index in [2.05, 4.69) is 19.1 Å². The van der Waals surface area contributed by atoms with E-state index in [1.807, 2.05) is 56.3 Å². The summed E-state index contributed by atoms with van der Waals surface area (Å²) in [4.78, 5) is 0.237. The second kappa shape index (κ2) is 7.60. The van der Waals surface area contributed by atoms with Crippen LogP contribution in [0.2, 0.25) is 5.02 Å². The first-order chi connectivity index (χ1) is 17.8. The number of aryl methyl sites for hydroxylation is 3. The Hall–Kier alpha value is -3.80. The Morgan fingerprint density at radius 1 is 0.730 bits per heavy atom. The van der Waals surface area contributed by atoms with E-state index in [-0.39, 0.29) is 4.90 Å². The van der Waals surface area contributed by atoms with Crippen molar-refractivity contribution < 1.29 is 12.8 Å². The molecule has 4 nitrogen and oxygen atoms in total. The molecule has 182 valence electrons. The number of halogens is 1. The van der Waals surface area contributed by atoms with E-state index >= 15 is 0 Å². The highest BCUT2D eigenvalue weighted by Crippen LogP contribution is 2.46. The van der Waals surface area contributed by atoms with Crippen molar-refractivity contribution in [3.8, 4) is 0 Å². The van der Waals surface area contributed by atoms with Crippen LogP contribution in [0.25, 0.3) is 54.5 Å². The Bertz CT molecular complexity index is 2190. The van der Waals surface area contributed by atoms with E-state index < -0.39 is 10.0 Å². The van der Waals surface area contributed by atoms with Crippen molar-refractivity contribution in [1.82, 2.24) is 3.97 Å². The maximum Gasteiger partial charge on any atom is 0.268 e. The smallest absolute Gasteiger partial charge is 0.268 e. The number of hydrogen-bond donors (Lipinski definition) is 0. The van der Waals surface area contributed by atoms with Crippen LogP contribution in [0.5, 0.6) is 0 Å². The molecule has 0 amide bonds. The summed E-state index contributed by atoms with van der Waals surface area (Å²) in [6.45, 7) is 6.05. The summed E-state index contributed by atoms with van der Waals surface area (Å²) < 4.78 is 36.7. The average molecular weight is 524 g/mol. The second-order valence-corrected chi connectivity index (χ2v) is 12.0. The lowest BCUT2D eigenvalue weighted by atomic mass is 9.96. The molecule has 2 aromatic heterocycles. The van der Waals surface area contributed by atoms with Crippen molar-refractivity contribution in [2.75, 3.05) is 0 Å². The first-order valence-corrected chi connectivity index (χ1v) is 13.9. The van der Waals surface area contributed by atoms with E-state index in [9.17, 15) is 8.42 Å². The quantitative estimate of drug-likeness (QED) is 0.228. The van der Waals surface area contributed by atoms with Crippen LogP contribution in [0.4, 0.5) is 0 Å². The summed E-state index contributed by atoms with van der Waals surface area (Å²) in [5.41, 5.74) is 5.91. The zero-order valence-electron chi connectivity index (χ0n) is 20.5. The summed E-state index contributed by atoms with van der Waals surface area (Å²) in [6, 6.07) is 24.4. The largest absolute Gasteiger partial charge is 0.455 e. The van der Waals surface area contributed by atoms with Crippen molar-refractivity contribution >= 4 is 76.1 Å². The Kier molecular flexibility index (Phi) is 4.60. The van der Waals surface area contributed by atoms with Crippen molar-refractivity contribution in [3.63, 3.8) is 0 Å². The van der Waals surface area contributed by atoms with E-state index in [1.54, 1.807) is 24.3 Å². The SMILES string of the molecule is Cc1ccc(S(=O)(=O)n2c3ccc(Cl)cc3c3c4c5ccccc5oc4c4cc(C)c(C)cc4c32)cc1. The van der Waals surface area contributed by atoms with Gasteiger partial charge in [0.15, 0.2) is 0 Å². The van der Waals surface area contributed by atoms with Gasteiger partial charge in [-0.3, -0.25) is 0 Å². The highest BCUT2D eigenvalue weighted by Gasteiger charge is 2.28. The molecule has 37 heavy (non-hydrogen) atoms. The van der Waals surface area contributed by atoms with Gasteiger partial charge in [-0.1, -0.05) is 47.5 Å². The van der Waals surface area contributed by atoms with Crippen molar-refractivity contribution in [3.05, 3.63) is 101 Å². The molecule has 0 aliphatic heterocycles. The number of hydrogen-bond acceptors (Lipinski definition) is 3. The molecule has 0 spiro atoms. The van der Waals surface area contributed by atoms with Crippen LogP contribution >= 0.6 is 11.6 Å². The minimum atomic E-state index is -3.95. The summed E-state index contributed by atoms with van der Waals surface area (Å²) >= 11 is 6.50. The number of furan rings is 1. The third kappa shape index (κ3) is 3.05. The van der Waals surface area contributed by atoms with Gasteiger partial charge in [0.05, 0.1) is 15.9 Å². The van der Waals surface area contributed by atoms with Crippen LogP contribution in [0.1, 0.15) is 16.7 Å². The molecule has 0 unspecified atom stereocenters. The molecule has 0 aliphatic rings. The zero-order chi connectivity index (χ0) is 25.6. The lowest BCUT2D eigenvalue weighted by Crippen LogP contribution is -2.13. The fourth-order valence-corrected chi connectivity index (χ4v) is 7.19. The molecule has 0 bridgehead atoms. The van der Waals surface area contributed by atoms with Gasteiger partial charge in [-0.15, -0.1) is 0 Å². The Labute approximate surface area is 218 Å². The van der Waals surface area contributed by atoms with Crippen molar-refractivity contribution in [1.29, 1.82) is 0 Å². The fourth-order valence-electron chi connectivity index (χ4n) is 5.48. The predicted molar refractivity (Wildman–Crippen MR) is 152 cm³/mol. The highest BCUT2D eigenvalue weighted by atomic mass is 35.5. The van der Waals surface area contributed by atoms with Gasteiger partial charge in [-0.2, -0.15) is 0 Å². The fraction of sp³-hybridized carbons (Fsp3) is 0.0968. The van der Waals surface area contributed by atoms with Gasteiger partial charge < -0.3 is 4.42 Å². The van der Waals surface area contributed by atoms with Crippen LogP contribution in [-0.4, -0.2) is 12.4 Å². The first-order valence-electron chi connectivity index (χ1n) is 12.1. The molecule has 2 heterocycles.